The number of benzene rings is 2. The van der Waals surface area contributed by atoms with E-state index in [1.807, 2.05) is 6.92 Å². The maximum absolute atomic E-state index is 12.1. The fraction of sp³-hybridized carbons (Fsp3) is 0.222. The molecule has 0 spiro atoms. The van der Waals surface area contributed by atoms with Crippen molar-refractivity contribution in [3.8, 4) is 0 Å². The van der Waals surface area contributed by atoms with E-state index in [4.69, 9.17) is 21.2 Å². The van der Waals surface area contributed by atoms with Gasteiger partial charge in [-0.2, -0.15) is 0 Å². The third-order valence-electron chi connectivity index (χ3n) is 3.54. The third kappa shape index (κ3) is 4.73. The third-order valence-corrected chi connectivity index (χ3v) is 3.77. The number of carbonyl (C=O) groups excluding carboxylic acids is 2. The van der Waals surface area contributed by atoms with E-state index in [2.05, 4.69) is 15.6 Å². The number of fused-ring (bicyclic) bond motifs is 1. The molecule has 1 amide bonds. The fourth-order valence-electron chi connectivity index (χ4n) is 2.25. The van der Waals surface area contributed by atoms with Crippen LogP contribution in [0.25, 0.3) is 11.0 Å². The van der Waals surface area contributed by atoms with E-state index in [-0.39, 0.29) is 12.5 Å². The summed E-state index contributed by atoms with van der Waals surface area (Å²) in [6.07, 6.45) is 0.757. The van der Waals surface area contributed by atoms with Gasteiger partial charge in [-0.05, 0) is 54.1 Å². The lowest BCUT2D eigenvalue weighted by Crippen LogP contribution is -2.26. The second kappa shape index (κ2) is 8.50. The van der Waals surface area contributed by atoms with Gasteiger partial charge in [0.1, 0.15) is 11.0 Å². The number of aromatic nitrogens is 3. The van der Waals surface area contributed by atoms with Gasteiger partial charge in [0.15, 0.2) is 6.61 Å². The molecule has 3 aromatic rings. The summed E-state index contributed by atoms with van der Waals surface area (Å²) < 4.78 is 5.05. The van der Waals surface area contributed by atoms with E-state index in [1.165, 1.54) is 0 Å². The second-order valence-corrected chi connectivity index (χ2v) is 6.07. The predicted octanol–water partition coefficient (Wildman–Crippen LogP) is 2.72. The molecule has 0 aliphatic rings. The van der Waals surface area contributed by atoms with Crippen LogP contribution in [0.3, 0.4) is 0 Å². The van der Waals surface area contributed by atoms with Crippen molar-refractivity contribution in [2.75, 3.05) is 18.5 Å². The van der Waals surface area contributed by atoms with Gasteiger partial charge in [-0.3, -0.25) is 4.79 Å². The van der Waals surface area contributed by atoms with Gasteiger partial charge >= 0.3 is 5.97 Å². The Bertz CT molecular complexity index is 956. The highest BCUT2D eigenvalue weighted by Gasteiger charge is 2.10. The van der Waals surface area contributed by atoms with Crippen LogP contribution in [0.2, 0.25) is 5.02 Å². The molecule has 0 radical (unpaired) electrons. The lowest BCUT2D eigenvalue weighted by atomic mass is 10.2. The van der Waals surface area contributed by atoms with E-state index in [1.54, 1.807) is 42.5 Å². The van der Waals surface area contributed by atoms with E-state index < -0.39 is 5.97 Å². The summed E-state index contributed by atoms with van der Waals surface area (Å²) in [6, 6.07) is 11.4. The van der Waals surface area contributed by atoms with Crippen LogP contribution in [0, 0.1) is 0 Å². The first-order valence-corrected chi connectivity index (χ1v) is 8.66. The van der Waals surface area contributed by atoms with Gasteiger partial charge in [0, 0.05) is 10.7 Å². The van der Waals surface area contributed by atoms with Gasteiger partial charge in [0.05, 0.1) is 12.2 Å². The highest BCUT2D eigenvalue weighted by Crippen LogP contribution is 2.16. The van der Waals surface area contributed by atoms with Crippen LogP contribution in [-0.2, 0) is 9.53 Å². The number of carbonyl (C=O) groups is 2. The largest absolute Gasteiger partial charge is 0.462 e. The number of rotatable bonds is 7. The second-order valence-electron chi connectivity index (χ2n) is 5.63. The van der Waals surface area contributed by atoms with Crippen molar-refractivity contribution in [3.05, 3.63) is 53.1 Å². The summed E-state index contributed by atoms with van der Waals surface area (Å²) >= 11 is 5.94. The molecule has 0 saturated heterocycles. The predicted molar refractivity (Wildman–Crippen MR) is 99.6 cm³/mol. The molecule has 0 saturated carbocycles. The number of hydrogen-bond donors (Lipinski definition) is 1. The Morgan fingerprint density at radius 1 is 1.19 bits per heavy atom. The summed E-state index contributed by atoms with van der Waals surface area (Å²) in [5.74, 6) is -0.781. The Labute approximate surface area is 160 Å². The number of nitrogens with one attached hydrogen (secondary N) is 1. The Morgan fingerprint density at radius 2 is 1.96 bits per heavy atom. The Morgan fingerprint density at radius 3 is 2.70 bits per heavy atom. The van der Waals surface area contributed by atoms with Crippen molar-refractivity contribution < 1.29 is 19.2 Å². The molecule has 1 heterocycles. The van der Waals surface area contributed by atoms with Gasteiger partial charge in [0.25, 0.3) is 5.91 Å². The fourth-order valence-corrected chi connectivity index (χ4v) is 2.42. The first-order valence-electron chi connectivity index (χ1n) is 8.28. The normalized spacial score (nSPS) is 10.6. The number of amides is 1. The van der Waals surface area contributed by atoms with Crippen molar-refractivity contribution in [1.29, 1.82) is 0 Å². The summed E-state index contributed by atoms with van der Waals surface area (Å²) in [5.41, 5.74) is 2.11. The number of nitrogens with zero attached hydrogens (tertiary/aromatic N) is 3. The van der Waals surface area contributed by atoms with Gasteiger partial charge in [0.2, 0.25) is 0 Å². The number of esters is 1. The van der Waals surface area contributed by atoms with Crippen molar-refractivity contribution in [3.63, 3.8) is 0 Å². The molecule has 0 unspecified atom stereocenters. The van der Waals surface area contributed by atoms with Crippen molar-refractivity contribution in [1.82, 2.24) is 15.2 Å². The Kier molecular flexibility index (Phi) is 5.87. The highest BCUT2D eigenvalue weighted by atomic mass is 35.5. The minimum absolute atomic E-state index is 0.273. The Hall–Kier alpha value is -3.13. The number of hydrogen-bond acceptors (Lipinski definition) is 6. The first kappa shape index (κ1) is 18.7. The number of halogens is 1. The van der Waals surface area contributed by atoms with E-state index in [0.29, 0.717) is 33.9 Å². The molecule has 0 fully saturated rings. The highest BCUT2D eigenvalue weighted by molar-refractivity contribution is 6.31. The van der Waals surface area contributed by atoms with Crippen LogP contribution >= 0.6 is 11.6 Å². The standard InChI is InChI=1S/C18H17ClN4O4/c1-2-9-26-18(25)12-3-6-14(7-4-12)20-17(24)11-27-23-16-10-13(19)5-8-15(16)21-22-23/h3-8,10H,2,9,11H2,1H3,(H,20,24). The van der Waals surface area contributed by atoms with E-state index in [9.17, 15) is 9.59 Å². The van der Waals surface area contributed by atoms with Gasteiger partial charge in [-0.15, -0.1) is 5.10 Å². The van der Waals surface area contributed by atoms with E-state index in [0.717, 1.165) is 11.3 Å². The molecule has 8 nitrogen and oxygen atoms in total. The van der Waals surface area contributed by atoms with Gasteiger partial charge in [-0.25, -0.2) is 4.79 Å². The number of anilines is 1. The topological polar surface area (TPSA) is 95.3 Å². The zero-order valence-corrected chi connectivity index (χ0v) is 15.3. The molecular weight excluding hydrogens is 372 g/mol. The van der Waals surface area contributed by atoms with Crippen LogP contribution in [0.4, 0.5) is 5.69 Å². The van der Waals surface area contributed by atoms with E-state index >= 15 is 0 Å². The molecule has 0 atom stereocenters. The molecule has 27 heavy (non-hydrogen) atoms. The smallest absolute Gasteiger partial charge is 0.338 e. The van der Waals surface area contributed by atoms with Crippen LogP contribution in [0.15, 0.2) is 42.5 Å². The number of ether oxygens (including phenoxy) is 1. The zero-order chi connectivity index (χ0) is 19.2. The van der Waals surface area contributed by atoms with Gasteiger partial charge < -0.3 is 14.9 Å². The average Bonchev–Trinajstić information content (AvgIpc) is 3.07. The zero-order valence-electron chi connectivity index (χ0n) is 14.5. The van der Waals surface area contributed by atoms with Crippen LogP contribution in [0.5, 0.6) is 0 Å². The van der Waals surface area contributed by atoms with Crippen LogP contribution in [-0.4, -0.2) is 40.2 Å². The van der Waals surface area contributed by atoms with Crippen molar-refractivity contribution in [2.45, 2.75) is 13.3 Å². The molecule has 0 aliphatic heterocycles. The molecule has 2 aromatic carbocycles. The van der Waals surface area contributed by atoms with Crippen molar-refractivity contribution in [2.24, 2.45) is 0 Å². The lowest BCUT2D eigenvalue weighted by molar-refractivity contribution is -0.121. The summed E-state index contributed by atoms with van der Waals surface area (Å²) in [4.78, 5) is 30.3. The molecule has 9 heteroatoms. The van der Waals surface area contributed by atoms with Gasteiger partial charge in [-0.1, -0.05) is 23.4 Å². The maximum atomic E-state index is 12.1. The summed E-state index contributed by atoms with van der Waals surface area (Å²) in [5, 5.41) is 10.9. The minimum atomic E-state index is -0.394. The Balaban J connectivity index is 1.56. The SMILES string of the molecule is CCCOC(=O)c1ccc(NC(=O)COn2nnc3ccc(Cl)cc32)cc1. The molecule has 0 bridgehead atoms. The summed E-state index contributed by atoms with van der Waals surface area (Å²) in [7, 11) is 0. The summed E-state index contributed by atoms with van der Waals surface area (Å²) in [6.45, 7) is 2.02. The molecular formula is C18H17ClN4O4. The molecule has 140 valence electrons. The quantitative estimate of drug-likeness (QED) is 0.625. The molecule has 1 N–H and O–H groups in total. The molecule has 1 aromatic heterocycles. The minimum Gasteiger partial charge on any atom is -0.462 e. The van der Waals surface area contributed by atoms with Crippen LogP contribution < -0.4 is 10.2 Å². The van der Waals surface area contributed by atoms with Crippen molar-refractivity contribution >= 4 is 40.2 Å². The van der Waals surface area contributed by atoms with Crippen LogP contribution in [0.1, 0.15) is 23.7 Å². The monoisotopic (exact) mass is 388 g/mol. The first-order chi connectivity index (χ1) is 13.1. The lowest BCUT2D eigenvalue weighted by Gasteiger charge is -2.08. The maximum Gasteiger partial charge on any atom is 0.338 e. The molecule has 0 aliphatic carbocycles. The molecule has 3 rings (SSSR count). The average molecular weight is 389 g/mol.